The minimum Gasteiger partial charge on any atom is -0.496 e. The van der Waals surface area contributed by atoms with Crippen molar-refractivity contribution < 1.29 is 9.53 Å². The number of carbonyl (C=O) groups is 1. The molecule has 4 heteroatoms. The third kappa shape index (κ3) is 1.81. The molecule has 0 bridgehead atoms. The first-order valence-electron chi connectivity index (χ1n) is 4.60. The van der Waals surface area contributed by atoms with E-state index in [4.69, 9.17) is 16.3 Å². The van der Waals surface area contributed by atoms with Crippen LogP contribution in [0.4, 0.5) is 0 Å². The molecule has 2 rings (SSSR count). The van der Waals surface area contributed by atoms with Crippen molar-refractivity contribution >= 4 is 43.5 Å². The SMILES string of the molecule is COc1ccc2c(C(=O)Cl)cccc2c1Br. The lowest BCUT2D eigenvalue weighted by Gasteiger charge is -2.08. The van der Waals surface area contributed by atoms with Gasteiger partial charge in [-0.1, -0.05) is 12.1 Å². The molecule has 0 amide bonds. The Morgan fingerprint density at radius 1 is 1.25 bits per heavy atom. The van der Waals surface area contributed by atoms with Gasteiger partial charge in [-0.05, 0) is 51.1 Å². The summed E-state index contributed by atoms with van der Waals surface area (Å²) in [7, 11) is 1.60. The molecule has 0 aliphatic heterocycles. The van der Waals surface area contributed by atoms with Gasteiger partial charge in [0.05, 0.1) is 11.6 Å². The third-order valence-corrected chi connectivity index (χ3v) is 3.41. The first-order valence-corrected chi connectivity index (χ1v) is 5.77. The Kier molecular flexibility index (Phi) is 3.17. The number of halogens is 2. The zero-order chi connectivity index (χ0) is 11.7. The number of methoxy groups -OCH3 is 1. The van der Waals surface area contributed by atoms with Crippen molar-refractivity contribution in [2.24, 2.45) is 0 Å². The number of rotatable bonds is 2. The molecule has 0 unspecified atom stereocenters. The molecule has 0 radical (unpaired) electrons. The predicted octanol–water partition coefficient (Wildman–Crippen LogP) is 3.99. The number of ether oxygens (including phenoxy) is 1. The molecule has 0 saturated carbocycles. The van der Waals surface area contributed by atoms with Crippen molar-refractivity contribution in [3.8, 4) is 5.75 Å². The molecule has 0 aliphatic rings. The van der Waals surface area contributed by atoms with E-state index in [-0.39, 0.29) is 0 Å². The van der Waals surface area contributed by atoms with E-state index in [2.05, 4.69) is 15.9 Å². The lowest BCUT2D eigenvalue weighted by Crippen LogP contribution is -1.92. The molecule has 0 fully saturated rings. The van der Waals surface area contributed by atoms with Gasteiger partial charge in [0.2, 0.25) is 0 Å². The van der Waals surface area contributed by atoms with Gasteiger partial charge in [-0.25, -0.2) is 0 Å². The second kappa shape index (κ2) is 4.44. The molecular weight excluding hydrogens is 291 g/mol. The van der Waals surface area contributed by atoms with Gasteiger partial charge in [0.15, 0.2) is 0 Å². The van der Waals surface area contributed by atoms with Crippen molar-refractivity contribution in [2.75, 3.05) is 7.11 Å². The Morgan fingerprint density at radius 3 is 2.62 bits per heavy atom. The van der Waals surface area contributed by atoms with Crippen molar-refractivity contribution in [2.45, 2.75) is 0 Å². The van der Waals surface area contributed by atoms with E-state index in [1.165, 1.54) is 0 Å². The molecule has 0 spiro atoms. The Labute approximate surface area is 106 Å². The van der Waals surface area contributed by atoms with Gasteiger partial charge in [0.1, 0.15) is 5.75 Å². The van der Waals surface area contributed by atoms with Crippen LogP contribution in [0.5, 0.6) is 5.75 Å². The Morgan fingerprint density at radius 2 is 2.00 bits per heavy atom. The van der Waals surface area contributed by atoms with Gasteiger partial charge >= 0.3 is 0 Å². The van der Waals surface area contributed by atoms with Crippen LogP contribution in [0, 0.1) is 0 Å². The summed E-state index contributed by atoms with van der Waals surface area (Å²) in [6, 6.07) is 9.04. The third-order valence-electron chi connectivity index (χ3n) is 2.39. The minimum atomic E-state index is -0.456. The molecule has 0 aliphatic carbocycles. The number of benzene rings is 2. The van der Waals surface area contributed by atoms with E-state index in [1.54, 1.807) is 25.3 Å². The molecular formula is C12H8BrClO2. The van der Waals surface area contributed by atoms with Gasteiger partial charge in [-0.15, -0.1) is 0 Å². The average molecular weight is 300 g/mol. The number of hydrogen-bond acceptors (Lipinski definition) is 2. The maximum absolute atomic E-state index is 11.2. The van der Waals surface area contributed by atoms with Crippen molar-refractivity contribution in [3.05, 3.63) is 40.4 Å². The highest BCUT2D eigenvalue weighted by atomic mass is 79.9. The normalized spacial score (nSPS) is 10.4. The summed E-state index contributed by atoms with van der Waals surface area (Å²) < 4.78 is 6.01. The highest BCUT2D eigenvalue weighted by Crippen LogP contribution is 2.34. The number of carbonyl (C=O) groups excluding carboxylic acids is 1. The summed E-state index contributed by atoms with van der Waals surface area (Å²) in [4.78, 5) is 11.2. The zero-order valence-electron chi connectivity index (χ0n) is 8.46. The van der Waals surface area contributed by atoms with Crippen LogP contribution < -0.4 is 4.74 Å². The molecule has 82 valence electrons. The van der Waals surface area contributed by atoms with E-state index >= 15 is 0 Å². The van der Waals surface area contributed by atoms with Crippen LogP contribution in [-0.4, -0.2) is 12.4 Å². The molecule has 2 nitrogen and oxygen atoms in total. The van der Waals surface area contributed by atoms with Gasteiger partial charge in [-0.2, -0.15) is 0 Å². The maximum atomic E-state index is 11.2. The monoisotopic (exact) mass is 298 g/mol. The summed E-state index contributed by atoms with van der Waals surface area (Å²) in [5.41, 5.74) is 0.502. The summed E-state index contributed by atoms with van der Waals surface area (Å²) in [6.45, 7) is 0. The fourth-order valence-corrected chi connectivity index (χ4v) is 2.43. The Hall–Kier alpha value is -1.06. The summed E-state index contributed by atoms with van der Waals surface area (Å²) in [5.74, 6) is 0.728. The molecule has 0 heterocycles. The molecule has 0 N–H and O–H groups in total. The minimum absolute atomic E-state index is 0.456. The highest BCUT2D eigenvalue weighted by Gasteiger charge is 2.11. The van der Waals surface area contributed by atoms with E-state index in [0.717, 1.165) is 21.0 Å². The summed E-state index contributed by atoms with van der Waals surface area (Å²) in [5, 5.41) is 1.27. The molecule has 16 heavy (non-hydrogen) atoms. The first kappa shape index (κ1) is 11.4. The summed E-state index contributed by atoms with van der Waals surface area (Å²) in [6.07, 6.45) is 0. The predicted molar refractivity (Wildman–Crippen MR) is 68.4 cm³/mol. The lowest BCUT2D eigenvalue weighted by molar-refractivity contribution is 0.108. The van der Waals surface area contributed by atoms with Crippen LogP contribution in [0.3, 0.4) is 0 Å². The maximum Gasteiger partial charge on any atom is 0.253 e. The van der Waals surface area contributed by atoms with Crippen LogP contribution in [-0.2, 0) is 0 Å². The summed E-state index contributed by atoms with van der Waals surface area (Å²) >= 11 is 8.97. The van der Waals surface area contributed by atoms with E-state index in [0.29, 0.717) is 5.56 Å². The van der Waals surface area contributed by atoms with Crippen molar-refractivity contribution in [1.29, 1.82) is 0 Å². The van der Waals surface area contributed by atoms with E-state index in [9.17, 15) is 4.79 Å². The largest absolute Gasteiger partial charge is 0.496 e. The first-order chi connectivity index (χ1) is 7.65. The second-order valence-electron chi connectivity index (χ2n) is 3.26. The average Bonchev–Trinajstić information content (AvgIpc) is 2.29. The van der Waals surface area contributed by atoms with Gasteiger partial charge in [0, 0.05) is 10.9 Å². The fourth-order valence-electron chi connectivity index (χ4n) is 1.63. The van der Waals surface area contributed by atoms with Crippen LogP contribution in [0.15, 0.2) is 34.8 Å². The van der Waals surface area contributed by atoms with Gasteiger partial charge in [-0.3, -0.25) is 4.79 Å². The highest BCUT2D eigenvalue weighted by molar-refractivity contribution is 9.10. The lowest BCUT2D eigenvalue weighted by atomic mass is 10.1. The van der Waals surface area contributed by atoms with Crippen LogP contribution in [0.2, 0.25) is 0 Å². The van der Waals surface area contributed by atoms with E-state index < -0.39 is 5.24 Å². The van der Waals surface area contributed by atoms with Crippen molar-refractivity contribution in [1.82, 2.24) is 0 Å². The van der Waals surface area contributed by atoms with Crippen LogP contribution >= 0.6 is 27.5 Å². The van der Waals surface area contributed by atoms with Crippen LogP contribution in [0.25, 0.3) is 10.8 Å². The number of fused-ring (bicyclic) bond motifs is 1. The molecule has 2 aromatic carbocycles. The topological polar surface area (TPSA) is 26.3 Å². The Bertz CT molecular complexity index is 566. The van der Waals surface area contributed by atoms with Gasteiger partial charge in [0.25, 0.3) is 5.24 Å². The molecule has 0 saturated heterocycles. The van der Waals surface area contributed by atoms with Gasteiger partial charge < -0.3 is 4.74 Å². The molecule has 2 aromatic rings. The second-order valence-corrected chi connectivity index (χ2v) is 4.39. The fraction of sp³-hybridized carbons (Fsp3) is 0.0833. The van der Waals surface area contributed by atoms with Crippen molar-refractivity contribution in [3.63, 3.8) is 0 Å². The zero-order valence-corrected chi connectivity index (χ0v) is 10.8. The Balaban J connectivity index is 2.82. The van der Waals surface area contributed by atoms with E-state index in [1.807, 2.05) is 12.1 Å². The molecule has 0 atom stereocenters. The quantitative estimate of drug-likeness (QED) is 0.784. The standard InChI is InChI=1S/C12H8BrClO2/c1-16-10-6-5-7-8(11(10)13)3-2-4-9(7)12(14)15/h2-6H,1H3. The number of hydrogen-bond donors (Lipinski definition) is 0. The molecule has 0 aromatic heterocycles. The smallest absolute Gasteiger partial charge is 0.253 e. The van der Waals surface area contributed by atoms with Crippen LogP contribution in [0.1, 0.15) is 10.4 Å².